The van der Waals surface area contributed by atoms with Crippen LogP contribution in [-0.4, -0.2) is 20.4 Å². The number of fused-ring (bicyclic) bond motifs is 1. The van der Waals surface area contributed by atoms with Crippen molar-refractivity contribution in [1.29, 1.82) is 0 Å². The number of aromatic nitrogens is 3. The average Bonchev–Trinajstić information content (AvgIpc) is 3.30. The maximum atomic E-state index is 13.0. The fourth-order valence-corrected chi connectivity index (χ4v) is 3.29. The van der Waals surface area contributed by atoms with Gasteiger partial charge in [-0.25, -0.2) is 14.4 Å². The first kappa shape index (κ1) is 16.4. The van der Waals surface area contributed by atoms with Gasteiger partial charge in [-0.1, -0.05) is 24.3 Å². The van der Waals surface area contributed by atoms with E-state index in [1.54, 1.807) is 17.6 Å². The summed E-state index contributed by atoms with van der Waals surface area (Å²) in [5.41, 5.74) is 5.04. The Bertz CT molecular complexity index is 1040. The molecular weight excluding hydrogens is 351 g/mol. The molecule has 1 amide bonds. The molecular formula is C19H15FN4OS. The van der Waals surface area contributed by atoms with Gasteiger partial charge in [-0.05, 0) is 29.8 Å². The lowest BCUT2D eigenvalue weighted by molar-refractivity contribution is -0.121. The molecule has 0 saturated heterocycles. The topological polar surface area (TPSA) is 59.8 Å². The lowest BCUT2D eigenvalue weighted by Gasteiger charge is -2.09. The third kappa shape index (κ3) is 3.34. The maximum absolute atomic E-state index is 13.0. The molecule has 130 valence electrons. The second-order valence-corrected chi connectivity index (χ2v) is 6.51. The first-order valence-electron chi connectivity index (χ1n) is 8.06. The first-order chi connectivity index (χ1) is 12.7. The summed E-state index contributed by atoms with van der Waals surface area (Å²) in [7, 11) is 0. The number of carbonyl (C=O) groups excluding carboxylic acids is 1. The highest BCUT2D eigenvalue weighted by molar-refractivity contribution is 7.07. The molecule has 0 saturated carbocycles. The minimum Gasteiger partial charge on any atom is -0.350 e. The molecule has 2 aromatic heterocycles. The van der Waals surface area contributed by atoms with Crippen LogP contribution in [0.5, 0.6) is 0 Å². The van der Waals surface area contributed by atoms with Crippen molar-refractivity contribution in [2.45, 2.75) is 13.1 Å². The van der Waals surface area contributed by atoms with E-state index in [2.05, 4.69) is 15.3 Å². The molecule has 2 heterocycles. The molecule has 0 unspecified atom stereocenters. The van der Waals surface area contributed by atoms with Crippen LogP contribution in [0.2, 0.25) is 0 Å². The Morgan fingerprint density at radius 2 is 1.96 bits per heavy atom. The molecule has 7 heteroatoms. The van der Waals surface area contributed by atoms with E-state index in [-0.39, 0.29) is 18.3 Å². The van der Waals surface area contributed by atoms with E-state index in [9.17, 15) is 9.18 Å². The zero-order valence-corrected chi connectivity index (χ0v) is 14.5. The van der Waals surface area contributed by atoms with E-state index in [1.165, 1.54) is 23.5 Å². The summed E-state index contributed by atoms with van der Waals surface area (Å²) in [6, 6.07) is 13.8. The van der Waals surface area contributed by atoms with Gasteiger partial charge in [0.25, 0.3) is 0 Å². The van der Waals surface area contributed by atoms with Gasteiger partial charge in [0.1, 0.15) is 18.1 Å². The van der Waals surface area contributed by atoms with Crippen LogP contribution in [0, 0.1) is 5.82 Å². The fourth-order valence-electron chi connectivity index (χ4n) is 2.76. The number of imidazole rings is 1. The van der Waals surface area contributed by atoms with Gasteiger partial charge in [-0.15, -0.1) is 11.3 Å². The van der Waals surface area contributed by atoms with Gasteiger partial charge in [-0.3, -0.25) is 4.79 Å². The average molecular weight is 366 g/mol. The molecule has 0 atom stereocenters. The van der Waals surface area contributed by atoms with E-state index >= 15 is 0 Å². The van der Waals surface area contributed by atoms with Gasteiger partial charge in [-0.2, -0.15) is 0 Å². The van der Waals surface area contributed by atoms with Crippen LogP contribution >= 0.6 is 11.3 Å². The number of halogens is 1. The zero-order chi connectivity index (χ0) is 17.9. The van der Waals surface area contributed by atoms with Crippen LogP contribution in [-0.2, 0) is 17.9 Å². The minimum atomic E-state index is -0.294. The number of carbonyl (C=O) groups is 1. The smallest absolute Gasteiger partial charge is 0.240 e. The molecule has 26 heavy (non-hydrogen) atoms. The van der Waals surface area contributed by atoms with Crippen molar-refractivity contribution in [3.05, 3.63) is 70.8 Å². The molecule has 4 rings (SSSR count). The van der Waals surface area contributed by atoms with Crippen molar-refractivity contribution in [2.24, 2.45) is 0 Å². The Kier molecular flexibility index (Phi) is 4.45. The molecule has 4 aromatic rings. The molecule has 0 aliphatic rings. The van der Waals surface area contributed by atoms with E-state index in [1.807, 2.05) is 34.2 Å². The normalized spacial score (nSPS) is 11.0. The van der Waals surface area contributed by atoms with Gasteiger partial charge in [0.2, 0.25) is 5.91 Å². The number of rotatable bonds is 5. The third-order valence-electron chi connectivity index (χ3n) is 4.02. The minimum absolute atomic E-state index is 0.134. The Morgan fingerprint density at radius 3 is 2.73 bits per heavy atom. The fraction of sp³-hybridized carbons (Fsp3) is 0.105. The van der Waals surface area contributed by atoms with Gasteiger partial charge in [0.15, 0.2) is 5.82 Å². The van der Waals surface area contributed by atoms with E-state index in [0.29, 0.717) is 12.4 Å². The molecule has 0 aliphatic heterocycles. The first-order valence-corrected chi connectivity index (χ1v) is 9.00. The molecule has 0 aliphatic carbocycles. The molecule has 0 bridgehead atoms. The van der Waals surface area contributed by atoms with Crippen LogP contribution in [0.1, 0.15) is 5.56 Å². The largest absolute Gasteiger partial charge is 0.350 e. The predicted molar refractivity (Wildman–Crippen MR) is 99.1 cm³/mol. The van der Waals surface area contributed by atoms with E-state index in [0.717, 1.165) is 22.3 Å². The summed E-state index contributed by atoms with van der Waals surface area (Å²) in [4.78, 5) is 21.4. The standard InChI is InChI=1S/C19H15FN4OS/c20-14-7-5-13(6-8-14)9-21-18(25)10-24-17-4-2-1-3-15(17)23-19(24)16-11-26-12-22-16/h1-8,11-12H,9-10H2,(H,21,25). The highest BCUT2D eigenvalue weighted by Gasteiger charge is 2.16. The number of hydrogen-bond donors (Lipinski definition) is 1. The lowest BCUT2D eigenvalue weighted by Crippen LogP contribution is -2.27. The van der Waals surface area contributed by atoms with Gasteiger partial charge >= 0.3 is 0 Å². The summed E-state index contributed by atoms with van der Waals surface area (Å²) in [6.45, 7) is 0.479. The van der Waals surface area contributed by atoms with Gasteiger partial charge in [0, 0.05) is 11.9 Å². The summed E-state index contributed by atoms with van der Waals surface area (Å²) in [5.74, 6) is 0.233. The second kappa shape index (κ2) is 7.05. The molecule has 1 N–H and O–H groups in total. The zero-order valence-electron chi connectivity index (χ0n) is 13.7. The number of thiazole rings is 1. The highest BCUT2D eigenvalue weighted by Crippen LogP contribution is 2.24. The molecule has 5 nitrogen and oxygen atoms in total. The third-order valence-corrected chi connectivity index (χ3v) is 4.61. The van der Waals surface area contributed by atoms with Crippen molar-refractivity contribution >= 4 is 28.3 Å². The Morgan fingerprint density at radius 1 is 1.15 bits per heavy atom. The van der Waals surface area contributed by atoms with Crippen LogP contribution < -0.4 is 5.32 Å². The lowest BCUT2D eigenvalue weighted by atomic mass is 10.2. The van der Waals surface area contributed by atoms with Crippen molar-refractivity contribution in [1.82, 2.24) is 19.9 Å². The number of nitrogens with zero attached hydrogens (tertiary/aromatic N) is 3. The Hall–Kier alpha value is -3.06. The SMILES string of the molecule is O=C(Cn1c(-c2cscn2)nc2ccccc21)NCc1ccc(F)cc1. The predicted octanol–water partition coefficient (Wildman–Crippen LogP) is 3.62. The van der Waals surface area contributed by atoms with Crippen molar-refractivity contribution < 1.29 is 9.18 Å². The number of nitrogens with one attached hydrogen (secondary N) is 1. The van der Waals surface area contributed by atoms with Crippen LogP contribution in [0.25, 0.3) is 22.6 Å². The van der Waals surface area contributed by atoms with Crippen LogP contribution in [0.15, 0.2) is 59.4 Å². The molecule has 0 radical (unpaired) electrons. The van der Waals surface area contributed by atoms with Gasteiger partial charge in [0.05, 0.1) is 16.5 Å². The number of benzene rings is 2. The van der Waals surface area contributed by atoms with E-state index < -0.39 is 0 Å². The van der Waals surface area contributed by atoms with Crippen LogP contribution in [0.3, 0.4) is 0 Å². The Labute approximate surface area is 153 Å². The van der Waals surface area contributed by atoms with E-state index in [4.69, 9.17) is 0 Å². The summed E-state index contributed by atoms with van der Waals surface area (Å²) in [6.07, 6.45) is 0. The number of amides is 1. The highest BCUT2D eigenvalue weighted by atomic mass is 32.1. The molecule has 2 aromatic carbocycles. The van der Waals surface area contributed by atoms with Crippen molar-refractivity contribution in [2.75, 3.05) is 0 Å². The summed E-state index contributed by atoms with van der Waals surface area (Å²) < 4.78 is 14.8. The van der Waals surface area contributed by atoms with Crippen LogP contribution in [0.4, 0.5) is 4.39 Å². The van der Waals surface area contributed by atoms with Gasteiger partial charge < -0.3 is 9.88 Å². The Balaban J connectivity index is 1.57. The number of hydrogen-bond acceptors (Lipinski definition) is 4. The summed E-state index contributed by atoms with van der Waals surface area (Å²) in [5, 5.41) is 4.78. The second-order valence-electron chi connectivity index (χ2n) is 5.79. The monoisotopic (exact) mass is 366 g/mol. The maximum Gasteiger partial charge on any atom is 0.240 e. The van der Waals surface area contributed by atoms with Crippen molar-refractivity contribution in [3.8, 4) is 11.5 Å². The number of para-hydroxylation sites is 2. The molecule has 0 fully saturated rings. The van der Waals surface area contributed by atoms with Crippen molar-refractivity contribution in [3.63, 3.8) is 0 Å². The quantitative estimate of drug-likeness (QED) is 0.587. The molecule has 0 spiro atoms. The summed E-state index contributed by atoms with van der Waals surface area (Å²) >= 11 is 1.48.